The molecule has 78 valence electrons. The first kappa shape index (κ1) is 10.4. The first-order chi connectivity index (χ1) is 6.74. The molecule has 1 fully saturated rings. The summed E-state index contributed by atoms with van der Waals surface area (Å²) in [7, 11) is 0. The van der Waals surface area contributed by atoms with Gasteiger partial charge in [0.2, 0.25) is 0 Å². The largest absolute Gasteiger partial charge is 0.376 e. The topological polar surface area (TPSA) is 25.4 Å². The highest BCUT2D eigenvalue weighted by molar-refractivity contribution is 7.15. The molecule has 0 aliphatic carbocycles. The van der Waals surface area contributed by atoms with E-state index in [4.69, 9.17) is 16.3 Å². The summed E-state index contributed by atoms with van der Waals surface area (Å²) in [4.78, 5) is 7.63. The Morgan fingerprint density at radius 3 is 3.29 bits per heavy atom. The molecule has 1 aliphatic heterocycles. The van der Waals surface area contributed by atoms with Gasteiger partial charge in [-0.1, -0.05) is 11.6 Å². The van der Waals surface area contributed by atoms with Gasteiger partial charge in [0.05, 0.1) is 12.7 Å². The number of hydrogen-bond acceptors (Lipinski definition) is 4. The van der Waals surface area contributed by atoms with Crippen molar-refractivity contribution in [3.8, 4) is 0 Å². The molecule has 2 rings (SSSR count). The van der Waals surface area contributed by atoms with E-state index in [1.807, 2.05) is 6.20 Å². The van der Waals surface area contributed by atoms with Gasteiger partial charge in [0, 0.05) is 30.7 Å². The van der Waals surface area contributed by atoms with Gasteiger partial charge in [-0.3, -0.25) is 4.90 Å². The lowest BCUT2D eigenvalue weighted by molar-refractivity contribution is -0.0209. The van der Waals surface area contributed by atoms with Crippen LogP contribution in [-0.4, -0.2) is 35.7 Å². The van der Waals surface area contributed by atoms with Crippen LogP contribution in [0.25, 0.3) is 0 Å². The third kappa shape index (κ3) is 2.67. The monoisotopic (exact) mass is 232 g/mol. The van der Waals surface area contributed by atoms with Gasteiger partial charge in [0.1, 0.15) is 0 Å². The Labute approximate surface area is 92.7 Å². The van der Waals surface area contributed by atoms with Crippen molar-refractivity contribution in [1.29, 1.82) is 0 Å². The van der Waals surface area contributed by atoms with E-state index >= 15 is 0 Å². The maximum atomic E-state index is 5.77. The summed E-state index contributed by atoms with van der Waals surface area (Å²) < 4.78 is 6.10. The minimum absolute atomic E-state index is 0.340. The first-order valence-corrected chi connectivity index (χ1v) is 5.87. The van der Waals surface area contributed by atoms with E-state index in [9.17, 15) is 0 Å². The van der Waals surface area contributed by atoms with Crippen molar-refractivity contribution in [2.45, 2.75) is 19.6 Å². The van der Waals surface area contributed by atoms with Gasteiger partial charge < -0.3 is 4.74 Å². The predicted octanol–water partition coefficient (Wildman–Crippen LogP) is 2.02. The summed E-state index contributed by atoms with van der Waals surface area (Å²) in [6, 6.07) is 0. The zero-order chi connectivity index (χ0) is 9.97. The van der Waals surface area contributed by atoms with Crippen LogP contribution in [0.15, 0.2) is 6.20 Å². The molecule has 0 saturated carbocycles. The fourth-order valence-electron chi connectivity index (χ4n) is 1.61. The predicted molar refractivity (Wildman–Crippen MR) is 57.8 cm³/mol. The number of ether oxygens (including phenoxy) is 1. The standard InChI is InChI=1S/C9H13ClN2OS/c1-7-5-12(2-3-13-7)6-8-4-11-9(10)14-8/h4,7H,2-3,5-6H2,1H3. The third-order valence-electron chi connectivity index (χ3n) is 2.23. The van der Waals surface area contributed by atoms with Gasteiger partial charge in [0.15, 0.2) is 4.47 Å². The smallest absolute Gasteiger partial charge is 0.183 e. The maximum Gasteiger partial charge on any atom is 0.183 e. The van der Waals surface area contributed by atoms with Crippen molar-refractivity contribution in [3.05, 3.63) is 15.5 Å². The molecule has 3 nitrogen and oxygen atoms in total. The second kappa shape index (κ2) is 4.57. The van der Waals surface area contributed by atoms with Crippen LogP contribution in [0, 0.1) is 0 Å². The third-order valence-corrected chi connectivity index (χ3v) is 3.33. The van der Waals surface area contributed by atoms with E-state index in [-0.39, 0.29) is 0 Å². The second-order valence-corrected chi connectivity index (χ2v) is 5.19. The normalized spacial score (nSPS) is 24.0. The molecule has 0 spiro atoms. The van der Waals surface area contributed by atoms with Crippen molar-refractivity contribution in [1.82, 2.24) is 9.88 Å². The molecule has 0 N–H and O–H groups in total. The molecule has 0 radical (unpaired) electrons. The quantitative estimate of drug-likeness (QED) is 0.780. The lowest BCUT2D eigenvalue weighted by atomic mass is 10.3. The van der Waals surface area contributed by atoms with Gasteiger partial charge in [-0.25, -0.2) is 4.98 Å². The minimum atomic E-state index is 0.340. The van der Waals surface area contributed by atoms with Gasteiger partial charge in [-0.2, -0.15) is 0 Å². The van der Waals surface area contributed by atoms with Crippen molar-refractivity contribution in [3.63, 3.8) is 0 Å². The molecule has 1 aliphatic rings. The molecule has 1 aromatic heterocycles. The van der Waals surface area contributed by atoms with E-state index in [0.717, 1.165) is 26.2 Å². The fraction of sp³-hybridized carbons (Fsp3) is 0.667. The molecule has 1 aromatic rings. The highest BCUT2D eigenvalue weighted by Gasteiger charge is 2.17. The molecule has 0 bridgehead atoms. The molecule has 1 unspecified atom stereocenters. The zero-order valence-electron chi connectivity index (χ0n) is 8.07. The number of halogens is 1. The summed E-state index contributed by atoms with van der Waals surface area (Å²) >= 11 is 7.33. The van der Waals surface area contributed by atoms with E-state index < -0.39 is 0 Å². The summed E-state index contributed by atoms with van der Waals surface area (Å²) in [6.45, 7) is 5.87. The highest BCUT2D eigenvalue weighted by Crippen LogP contribution is 2.20. The SMILES string of the molecule is CC1CN(Cc2cnc(Cl)s2)CCO1. The van der Waals surface area contributed by atoms with Crippen LogP contribution in [0.3, 0.4) is 0 Å². The summed E-state index contributed by atoms with van der Waals surface area (Å²) in [5.41, 5.74) is 0. The zero-order valence-corrected chi connectivity index (χ0v) is 9.64. The number of aromatic nitrogens is 1. The molecule has 0 amide bonds. The van der Waals surface area contributed by atoms with Crippen molar-refractivity contribution in [2.24, 2.45) is 0 Å². The van der Waals surface area contributed by atoms with Gasteiger partial charge in [0.25, 0.3) is 0 Å². The van der Waals surface area contributed by atoms with Crippen molar-refractivity contribution >= 4 is 22.9 Å². The highest BCUT2D eigenvalue weighted by atomic mass is 35.5. The van der Waals surface area contributed by atoms with Crippen molar-refractivity contribution < 1.29 is 4.74 Å². The number of morpholine rings is 1. The van der Waals surface area contributed by atoms with Crippen LogP contribution < -0.4 is 0 Å². The van der Waals surface area contributed by atoms with E-state index in [1.165, 1.54) is 4.88 Å². The number of rotatable bonds is 2. The minimum Gasteiger partial charge on any atom is -0.376 e. The Morgan fingerprint density at radius 1 is 1.79 bits per heavy atom. The molecule has 0 aromatic carbocycles. The molecule has 1 atom stereocenters. The maximum absolute atomic E-state index is 5.77. The molecule has 2 heterocycles. The van der Waals surface area contributed by atoms with Crippen LogP contribution in [0.5, 0.6) is 0 Å². The Bertz CT molecular complexity index is 305. The van der Waals surface area contributed by atoms with Gasteiger partial charge in [-0.15, -0.1) is 11.3 Å². The fourth-order valence-corrected chi connectivity index (χ4v) is 2.63. The summed E-state index contributed by atoms with van der Waals surface area (Å²) in [5, 5.41) is 0. The summed E-state index contributed by atoms with van der Waals surface area (Å²) in [6.07, 6.45) is 2.19. The lowest BCUT2D eigenvalue weighted by Gasteiger charge is -2.30. The second-order valence-electron chi connectivity index (χ2n) is 3.50. The number of hydrogen-bond donors (Lipinski definition) is 0. The Balaban J connectivity index is 1.90. The van der Waals surface area contributed by atoms with Crippen molar-refractivity contribution in [2.75, 3.05) is 19.7 Å². The van der Waals surface area contributed by atoms with E-state index in [2.05, 4.69) is 16.8 Å². The van der Waals surface area contributed by atoms with E-state index in [1.54, 1.807) is 11.3 Å². The average Bonchev–Trinajstić information content (AvgIpc) is 2.51. The van der Waals surface area contributed by atoms with Crippen LogP contribution >= 0.6 is 22.9 Å². The molecular weight excluding hydrogens is 220 g/mol. The Hall–Kier alpha value is -0.160. The van der Waals surface area contributed by atoms with Gasteiger partial charge in [-0.05, 0) is 6.92 Å². The first-order valence-electron chi connectivity index (χ1n) is 4.68. The number of nitrogens with zero attached hydrogens (tertiary/aromatic N) is 2. The number of thiazole rings is 1. The molecule has 5 heteroatoms. The average molecular weight is 233 g/mol. The Kier molecular flexibility index (Phi) is 3.38. The molecule has 1 saturated heterocycles. The van der Waals surface area contributed by atoms with Crippen LogP contribution in [-0.2, 0) is 11.3 Å². The molecular formula is C9H13ClN2OS. The molecule has 14 heavy (non-hydrogen) atoms. The van der Waals surface area contributed by atoms with Crippen LogP contribution in [0.1, 0.15) is 11.8 Å². The van der Waals surface area contributed by atoms with Crippen LogP contribution in [0.2, 0.25) is 4.47 Å². The lowest BCUT2D eigenvalue weighted by Crippen LogP contribution is -2.40. The Morgan fingerprint density at radius 2 is 2.64 bits per heavy atom. The van der Waals surface area contributed by atoms with Crippen LogP contribution in [0.4, 0.5) is 0 Å². The van der Waals surface area contributed by atoms with E-state index in [0.29, 0.717) is 10.6 Å². The van der Waals surface area contributed by atoms with Gasteiger partial charge >= 0.3 is 0 Å². The summed E-state index contributed by atoms with van der Waals surface area (Å²) in [5.74, 6) is 0.